The predicted molar refractivity (Wildman–Crippen MR) is 109 cm³/mol. The Kier molecular flexibility index (Phi) is 6.07. The summed E-state index contributed by atoms with van der Waals surface area (Å²) in [6.45, 7) is 3.37. The Morgan fingerprint density at radius 1 is 1.00 bits per heavy atom. The van der Waals surface area contributed by atoms with Gasteiger partial charge in [-0.1, -0.05) is 6.07 Å². The number of nitrogens with one attached hydrogen (secondary N) is 1. The molecule has 1 N–H and O–H groups in total. The van der Waals surface area contributed by atoms with Crippen LogP contribution < -0.4 is 0 Å². The summed E-state index contributed by atoms with van der Waals surface area (Å²) in [5.41, 5.74) is 4.11. The van der Waals surface area contributed by atoms with Crippen LogP contribution in [-0.4, -0.2) is 36.2 Å². The molecule has 3 heterocycles. The van der Waals surface area contributed by atoms with E-state index >= 15 is 0 Å². The first-order valence-electron chi connectivity index (χ1n) is 9.63. The molecule has 0 saturated carbocycles. The molecule has 0 aliphatic carbocycles. The van der Waals surface area contributed by atoms with Crippen molar-refractivity contribution in [1.82, 2.24) is 29.6 Å². The van der Waals surface area contributed by atoms with Crippen molar-refractivity contribution in [3.63, 3.8) is 0 Å². The topological polar surface area (TPSA) is 62.6 Å². The van der Waals surface area contributed by atoms with Crippen molar-refractivity contribution in [3.8, 4) is 11.3 Å². The zero-order valence-electron chi connectivity index (χ0n) is 16.1. The minimum absolute atomic E-state index is 0.243. The largest absolute Gasteiger partial charge is 0.337 e. The number of nitrogens with zero attached hydrogens (tertiary/aromatic N) is 5. The summed E-state index contributed by atoms with van der Waals surface area (Å²) in [6.07, 6.45) is 12.2. The van der Waals surface area contributed by atoms with E-state index in [1.54, 1.807) is 24.5 Å². The van der Waals surface area contributed by atoms with Crippen molar-refractivity contribution in [2.75, 3.05) is 6.54 Å². The van der Waals surface area contributed by atoms with E-state index in [0.717, 1.165) is 49.4 Å². The number of hydrogen-bond donors (Lipinski definition) is 1. The van der Waals surface area contributed by atoms with Crippen LogP contribution in [0.2, 0.25) is 0 Å². The van der Waals surface area contributed by atoms with Crippen LogP contribution in [0.1, 0.15) is 17.5 Å². The maximum atomic E-state index is 13.3. The summed E-state index contributed by atoms with van der Waals surface area (Å²) in [5, 5.41) is 7.30. The molecule has 0 aliphatic heterocycles. The van der Waals surface area contributed by atoms with E-state index in [-0.39, 0.29) is 5.82 Å². The maximum absolute atomic E-state index is 13.3. The Labute approximate surface area is 169 Å². The van der Waals surface area contributed by atoms with Gasteiger partial charge in [0.15, 0.2) is 0 Å². The normalized spacial score (nSPS) is 11.2. The summed E-state index contributed by atoms with van der Waals surface area (Å²) in [5.74, 6) is -0.243. The Bertz CT molecular complexity index is 995. The molecule has 0 aliphatic rings. The number of imidazole rings is 1. The quantitative estimate of drug-likeness (QED) is 0.471. The Morgan fingerprint density at radius 3 is 2.66 bits per heavy atom. The SMILES string of the molecule is Fc1ccc(-c2[nH]ncc2CN(CCCn2ccnc2)Cc2cccnc2)cc1. The first-order chi connectivity index (χ1) is 14.3. The molecule has 0 fully saturated rings. The Hall–Kier alpha value is -3.32. The number of pyridine rings is 1. The molecule has 3 aromatic heterocycles. The van der Waals surface area contributed by atoms with Crippen LogP contribution >= 0.6 is 0 Å². The number of H-pyrrole nitrogens is 1. The number of hydrogen-bond acceptors (Lipinski definition) is 4. The smallest absolute Gasteiger partial charge is 0.123 e. The van der Waals surface area contributed by atoms with Gasteiger partial charge in [0.05, 0.1) is 18.2 Å². The first kappa shape index (κ1) is 19.0. The third-order valence-electron chi connectivity index (χ3n) is 4.82. The molecule has 7 heteroatoms. The van der Waals surface area contributed by atoms with Gasteiger partial charge in [-0.2, -0.15) is 5.10 Å². The van der Waals surface area contributed by atoms with Crippen LogP contribution in [-0.2, 0) is 19.6 Å². The summed E-state index contributed by atoms with van der Waals surface area (Å²) in [7, 11) is 0. The second-order valence-corrected chi connectivity index (χ2v) is 7.00. The molecule has 0 saturated heterocycles. The molecule has 1 aromatic carbocycles. The van der Waals surface area contributed by atoms with Gasteiger partial charge in [-0.3, -0.25) is 15.0 Å². The van der Waals surface area contributed by atoms with Gasteiger partial charge >= 0.3 is 0 Å². The lowest BCUT2D eigenvalue weighted by molar-refractivity contribution is 0.248. The van der Waals surface area contributed by atoms with E-state index in [9.17, 15) is 4.39 Å². The minimum Gasteiger partial charge on any atom is -0.337 e. The van der Waals surface area contributed by atoms with E-state index < -0.39 is 0 Å². The van der Waals surface area contributed by atoms with Crippen LogP contribution in [0, 0.1) is 5.82 Å². The molecule has 29 heavy (non-hydrogen) atoms. The third-order valence-corrected chi connectivity index (χ3v) is 4.82. The molecule has 0 unspecified atom stereocenters. The summed E-state index contributed by atoms with van der Waals surface area (Å²) >= 11 is 0. The molecule has 0 radical (unpaired) electrons. The van der Waals surface area contributed by atoms with Crippen LogP contribution in [0.5, 0.6) is 0 Å². The van der Waals surface area contributed by atoms with E-state index in [1.165, 1.54) is 17.7 Å². The second-order valence-electron chi connectivity index (χ2n) is 7.00. The van der Waals surface area contributed by atoms with E-state index in [2.05, 4.69) is 35.7 Å². The standard InChI is InChI=1S/C22H23FN6/c23-21-6-4-19(5-7-21)22-20(14-26-27-22)16-29(15-18-3-1-8-24-13-18)11-2-10-28-12-9-25-17-28/h1,3-9,12-14,17H,2,10-11,15-16H2,(H,26,27). The molecule has 0 bridgehead atoms. The average Bonchev–Trinajstić information content (AvgIpc) is 3.42. The third kappa shape index (κ3) is 5.14. The maximum Gasteiger partial charge on any atom is 0.123 e. The zero-order chi connectivity index (χ0) is 19.9. The van der Waals surface area contributed by atoms with Gasteiger partial charge in [-0.25, -0.2) is 9.37 Å². The lowest BCUT2D eigenvalue weighted by Crippen LogP contribution is -2.25. The molecule has 4 aromatic rings. The monoisotopic (exact) mass is 390 g/mol. The van der Waals surface area contributed by atoms with Crippen molar-refractivity contribution in [3.05, 3.63) is 90.7 Å². The van der Waals surface area contributed by atoms with E-state index in [1.807, 2.05) is 31.0 Å². The fraction of sp³-hybridized carbons (Fsp3) is 0.227. The van der Waals surface area contributed by atoms with Crippen LogP contribution in [0.15, 0.2) is 73.7 Å². The summed E-state index contributed by atoms with van der Waals surface area (Å²) < 4.78 is 15.4. The summed E-state index contributed by atoms with van der Waals surface area (Å²) in [6, 6.07) is 10.5. The second kappa shape index (κ2) is 9.25. The number of aromatic nitrogens is 5. The van der Waals surface area contributed by atoms with Gasteiger partial charge in [-0.15, -0.1) is 0 Å². The van der Waals surface area contributed by atoms with Gasteiger partial charge in [0.25, 0.3) is 0 Å². The highest BCUT2D eigenvalue weighted by molar-refractivity contribution is 5.62. The van der Waals surface area contributed by atoms with Gasteiger partial charge in [-0.05, 0) is 42.3 Å². The van der Waals surface area contributed by atoms with Crippen molar-refractivity contribution >= 4 is 0 Å². The fourth-order valence-electron chi connectivity index (χ4n) is 3.40. The van der Waals surface area contributed by atoms with Gasteiger partial charge < -0.3 is 4.57 Å². The number of benzene rings is 1. The molecule has 0 spiro atoms. The van der Waals surface area contributed by atoms with Gasteiger partial charge in [0, 0.05) is 62.1 Å². The van der Waals surface area contributed by atoms with Crippen molar-refractivity contribution in [1.29, 1.82) is 0 Å². The van der Waals surface area contributed by atoms with Gasteiger partial charge in [0.2, 0.25) is 0 Å². The van der Waals surface area contributed by atoms with Crippen LogP contribution in [0.25, 0.3) is 11.3 Å². The highest BCUT2D eigenvalue weighted by Crippen LogP contribution is 2.23. The lowest BCUT2D eigenvalue weighted by Gasteiger charge is -2.22. The van der Waals surface area contributed by atoms with Gasteiger partial charge in [0.1, 0.15) is 5.82 Å². The van der Waals surface area contributed by atoms with E-state index in [0.29, 0.717) is 0 Å². The average molecular weight is 390 g/mol. The molecule has 6 nitrogen and oxygen atoms in total. The Morgan fingerprint density at radius 2 is 1.90 bits per heavy atom. The van der Waals surface area contributed by atoms with Crippen molar-refractivity contribution in [2.45, 2.75) is 26.1 Å². The minimum atomic E-state index is -0.243. The first-order valence-corrected chi connectivity index (χ1v) is 9.63. The molecular formula is C22H23FN6. The van der Waals surface area contributed by atoms with Crippen LogP contribution in [0.4, 0.5) is 4.39 Å². The van der Waals surface area contributed by atoms with E-state index in [4.69, 9.17) is 0 Å². The van der Waals surface area contributed by atoms with Crippen molar-refractivity contribution < 1.29 is 4.39 Å². The summed E-state index contributed by atoms with van der Waals surface area (Å²) in [4.78, 5) is 10.7. The lowest BCUT2D eigenvalue weighted by atomic mass is 10.1. The molecule has 0 atom stereocenters. The number of rotatable bonds is 9. The highest BCUT2D eigenvalue weighted by Gasteiger charge is 2.13. The highest BCUT2D eigenvalue weighted by atomic mass is 19.1. The molecular weight excluding hydrogens is 367 g/mol. The number of aryl methyl sites for hydroxylation is 1. The molecule has 4 rings (SSSR count). The fourth-order valence-corrected chi connectivity index (χ4v) is 3.40. The predicted octanol–water partition coefficient (Wildman–Crippen LogP) is 3.90. The molecule has 0 amide bonds. The van der Waals surface area contributed by atoms with Crippen LogP contribution in [0.3, 0.4) is 0 Å². The number of aromatic amines is 1. The number of halogens is 1. The molecule has 148 valence electrons. The zero-order valence-corrected chi connectivity index (χ0v) is 16.1. The van der Waals surface area contributed by atoms with Crippen molar-refractivity contribution in [2.24, 2.45) is 0 Å². The Balaban J connectivity index is 1.48.